The predicted octanol–water partition coefficient (Wildman–Crippen LogP) is 5.22. The lowest BCUT2D eigenvalue weighted by Crippen LogP contribution is -2.00. The molecule has 0 aromatic heterocycles. The van der Waals surface area contributed by atoms with Crippen LogP contribution in [-0.2, 0) is 12.8 Å². The highest BCUT2D eigenvalue weighted by molar-refractivity contribution is 5.95. The van der Waals surface area contributed by atoms with Crippen LogP contribution in [0.15, 0.2) is 60.7 Å². The van der Waals surface area contributed by atoms with Crippen molar-refractivity contribution in [3.8, 4) is 16.9 Å². The van der Waals surface area contributed by atoms with E-state index in [1.807, 2.05) is 43.3 Å². The van der Waals surface area contributed by atoms with Crippen molar-refractivity contribution in [1.82, 2.24) is 0 Å². The number of hydrogen-bond donors (Lipinski definition) is 2. The van der Waals surface area contributed by atoms with Crippen LogP contribution in [0.5, 0.6) is 5.75 Å². The molecule has 0 saturated heterocycles. The first-order chi connectivity index (χ1) is 12.5. The maximum absolute atomic E-state index is 11.3. The van der Waals surface area contributed by atoms with Gasteiger partial charge in [0.2, 0.25) is 0 Å². The summed E-state index contributed by atoms with van der Waals surface area (Å²) in [5.41, 5.74) is 6.02. The fourth-order valence-corrected chi connectivity index (χ4v) is 3.24. The zero-order valence-corrected chi connectivity index (χ0v) is 15.0. The van der Waals surface area contributed by atoms with Gasteiger partial charge in [0.25, 0.3) is 0 Å². The molecule has 0 fully saturated rings. The van der Waals surface area contributed by atoms with Gasteiger partial charge in [-0.15, -0.1) is 0 Å². The van der Waals surface area contributed by atoms with Gasteiger partial charge in [0.15, 0.2) is 0 Å². The molecule has 0 saturated carbocycles. The van der Waals surface area contributed by atoms with Crippen LogP contribution in [0, 0.1) is 6.92 Å². The Morgan fingerprint density at radius 2 is 1.62 bits per heavy atom. The van der Waals surface area contributed by atoms with E-state index in [9.17, 15) is 15.0 Å². The lowest BCUT2D eigenvalue weighted by Gasteiger charge is -2.13. The van der Waals surface area contributed by atoms with E-state index in [0.717, 1.165) is 17.5 Å². The summed E-state index contributed by atoms with van der Waals surface area (Å²) in [7, 11) is 0. The first-order valence-electron chi connectivity index (χ1n) is 8.73. The molecule has 132 valence electrons. The summed E-state index contributed by atoms with van der Waals surface area (Å²) in [4.78, 5) is 11.3. The van der Waals surface area contributed by atoms with Gasteiger partial charge in [0.05, 0.1) is 0 Å². The van der Waals surface area contributed by atoms with E-state index in [-0.39, 0.29) is 11.3 Å². The second-order valence-electron chi connectivity index (χ2n) is 6.45. The zero-order chi connectivity index (χ0) is 18.7. The largest absolute Gasteiger partial charge is 0.506 e. The summed E-state index contributed by atoms with van der Waals surface area (Å²) in [6.45, 7) is 4.10. The predicted molar refractivity (Wildman–Crippen MR) is 104 cm³/mol. The van der Waals surface area contributed by atoms with Crippen molar-refractivity contribution >= 4 is 5.97 Å². The minimum Gasteiger partial charge on any atom is -0.506 e. The van der Waals surface area contributed by atoms with Crippen molar-refractivity contribution < 1.29 is 15.0 Å². The van der Waals surface area contributed by atoms with Gasteiger partial charge < -0.3 is 10.2 Å². The quantitative estimate of drug-likeness (QED) is 0.666. The molecule has 0 aliphatic rings. The van der Waals surface area contributed by atoms with Gasteiger partial charge in [-0.3, -0.25) is 0 Å². The Hall–Kier alpha value is -3.07. The van der Waals surface area contributed by atoms with Gasteiger partial charge in [0, 0.05) is 5.56 Å². The topological polar surface area (TPSA) is 57.5 Å². The molecular weight excluding hydrogens is 324 g/mol. The first kappa shape index (κ1) is 17.7. The molecular formula is C23H22O3. The summed E-state index contributed by atoms with van der Waals surface area (Å²) in [6.07, 6.45) is 1.56. The van der Waals surface area contributed by atoms with E-state index in [1.165, 1.54) is 22.8 Å². The highest BCUT2D eigenvalue weighted by Gasteiger charge is 2.17. The van der Waals surface area contributed by atoms with Gasteiger partial charge in [-0.05, 0) is 53.6 Å². The second kappa shape index (κ2) is 7.44. The number of phenols is 1. The number of rotatable bonds is 5. The Bertz CT molecular complexity index is 940. The number of carboxylic acids is 1. The summed E-state index contributed by atoms with van der Waals surface area (Å²) >= 11 is 0. The van der Waals surface area contributed by atoms with Crippen LogP contribution in [0.1, 0.15) is 39.5 Å². The molecule has 3 heteroatoms. The van der Waals surface area contributed by atoms with Gasteiger partial charge in [0.1, 0.15) is 11.3 Å². The molecule has 3 rings (SSSR count). The molecule has 0 amide bonds. The molecule has 3 aromatic rings. The maximum Gasteiger partial charge on any atom is 0.339 e. The number of aromatic hydroxyl groups is 1. The van der Waals surface area contributed by atoms with Crippen LogP contribution >= 0.6 is 0 Å². The molecule has 2 N–H and O–H groups in total. The third-order valence-electron chi connectivity index (χ3n) is 4.77. The summed E-state index contributed by atoms with van der Waals surface area (Å²) < 4.78 is 0. The van der Waals surface area contributed by atoms with Crippen LogP contribution in [0.2, 0.25) is 0 Å². The average Bonchev–Trinajstić information content (AvgIpc) is 2.64. The molecule has 3 aromatic carbocycles. The average molecular weight is 346 g/mol. The third-order valence-corrected chi connectivity index (χ3v) is 4.77. The van der Waals surface area contributed by atoms with Crippen molar-refractivity contribution in [2.75, 3.05) is 0 Å². The van der Waals surface area contributed by atoms with E-state index >= 15 is 0 Å². The molecule has 0 unspecified atom stereocenters. The Morgan fingerprint density at radius 1 is 0.923 bits per heavy atom. The third kappa shape index (κ3) is 3.47. The molecule has 0 heterocycles. The minimum atomic E-state index is -1.12. The van der Waals surface area contributed by atoms with Crippen molar-refractivity contribution in [2.24, 2.45) is 0 Å². The van der Waals surface area contributed by atoms with Crippen molar-refractivity contribution in [2.45, 2.75) is 26.7 Å². The van der Waals surface area contributed by atoms with Crippen LogP contribution in [0.3, 0.4) is 0 Å². The van der Waals surface area contributed by atoms with Gasteiger partial charge in [-0.2, -0.15) is 0 Å². The van der Waals surface area contributed by atoms with Crippen LogP contribution in [-0.4, -0.2) is 16.2 Å². The number of carbonyl (C=O) groups is 1. The van der Waals surface area contributed by atoms with E-state index < -0.39 is 5.97 Å². The molecule has 0 aliphatic heterocycles. The lowest BCUT2D eigenvalue weighted by atomic mass is 9.93. The molecule has 3 nitrogen and oxygen atoms in total. The highest BCUT2D eigenvalue weighted by Crippen LogP contribution is 2.36. The number of benzene rings is 3. The summed E-state index contributed by atoms with van der Waals surface area (Å²) in [5, 5.41) is 19.8. The Balaban J connectivity index is 1.97. The monoisotopic (exact) mass is 346 g/mol. The minimum absolute atomic E-state index is 0.0683. The molecule has 0 bridgehead atoms. The van der Waals surface area contributed by atoms with Crippen molar-refractivity contribution in [3.05, 3.63) is 88.5 Å². The van der Waals surface area contributed by atoms with Crippen molar-refractivity contribution in [1.29, 1.82) is 0 Å². The van der Waals surface area contributed by atoms with Crippen LogP contribution in [0.25, 0.3) is 11.1 Å². The second-order valence-corrected chi connectivity index (χ2v) is 6.45. The van der Waals surface area contributed by atoms with Gasteiger partial charge >= 0.3 is 5.97 Å². The standard InChI is InChI=1S/C23H22O3/c1-3-17-12-13-20(23(25)26)22(24)21(17)18-10-8-16(9-11-18)14-19-7-5-4-6-15(19)2/h4-13,24H,3,14H2,1-2H3,(H,25,26). The molecule has 0 atom stereocenters. The van der Waals surface area contributed by atoms with E-state index in [1.54, 1.807) is 6.07 Å². The molecule has 0 spiro atoms. The fourth-order valence-electron chi connectivity index (χ4n) is 3.24. The number of aromatic carboxylic acids is 1. The fraction of sp³-hybridized carbons (Fsp3) is 0.174. The summed E-state index contributed by atoms with van der Waals surface area (Å²) in [5.74, 6) is -1.29. The Kier molecular flexibility index (Phi) is 5.08. The maximum atomic E-state index is 11.3. The molecule has 26 heavy (non-hydrogen) atoms. The normalized spacial score (nSPS) is 10.7. The Labute approximate surface area is 153 Å². The SMILES string of the molecule is CCc1ccc(C(=O)O)c(O)c1-c1ccc(Cc2ccccc2C)cc1. The lowest BCUT2D eigenvalue weighted by molar-refractivity contribution is 0.0694. The Morgan fingerprint density at radius 3 is 2.23 bits per heavy atom. The first-order valence-corrected chi connectivity index (χ1v) is 8.73. The number of carboxylic acid groups (broad SMARTS) is 1. The zero-order valence-electron chi connectivity index (χ0n) is 15.0. The van der Waals surface area contributed by atoms with E-state index in [0.29, 0.717) is 12.0 Å². The molecule has 0 radical (unpaired) electrons. The number of aryl methyl sites for hydroxylation is 2. The molecule has 0 aliphatic carbocycles. The van der Waals surface area contributed by atoms with E-state index in [4.69, 9.17) is 0 Å². The number of hydrogen-bond acceptors (Lipinski definition) is 2. The van der Waals surface area contributed by atoms with Crippen LogP contribution < -0.4 is 0 Å². The smallest absolute Gasteiger partial charge is 0.339 e. The summed E-state index contributed by atoms with van der Waals surface area (Å²) in [6, 6.07) is 19.5. The van der Waals surface area contributed by atoms with E-state index in [2.05, 4.69) is 19.1 Å². The van der Waals surface area contributed by atoms with Gasteiger partial charge in [-0.25, -0.2) is 4.79 Å². The van der Waals surface area contributed by atoms with Crippen molar-refractivity contribution in [3.63, 3.8) is 0 Å². The highest BCUT2D eigenvalue weighted by atomic mass is 16.4. The van der Waals surface area contributed by atoms with Gasteiger partial charge in [-0.1, -0.05) is 61.5 Å². The van der Waals surface area contributed by atoms with Crippen LogP contribution in [0.4, 0.5) is 0 Å².